The fourth-order valence-electron chi connectivity index (χ4n) is 5.21. The first-order chi connectivity index (χ1) is 14.5. The zero-order chi connectivity index (χ0) is 21.0. The second-order valence-corrected chi connectivity index (χ2v) is 10.1. The summed E-state index contributed by atoms with van der Waals surface area (Å²) in [6.45, 7) is 10.5. The van der Waals surface area contributed by atoms with Crippen LogP contribution in [0.5, 0.6) is 0 Å². The molecule has 30 heavy (non-hydrogen) atoms. The molecule has 2 aromatic rings. The lowest BCUT2D eigenvalue weighted by Gasteiger charge is -2.33. The third kappa shape index (κ3) is 3.08. The van der Waals surface area contributed by atoms with Crippen LogP contribution in [0.15, 0.2) is 35.4 Å². The van der Waals surface area contributed by atoms with Crippen LogP contribution in [0.25, 0.3) is 10.4 Å². The van der Waals surface area contributed by atoms with Gasteiger partial charge in [0.15, 0.2) is 0 Å². The van der Waals surface area contributed by atoms with Gasteiger partial charge in [-0.15, -0.1) is 11.3 Å². The molecule has 0 bridgehead atoms. The largest absolute Gasteiger partial charge is 0.311 e. The van der Waals surface area contributed by atoms with Gasteiger partial charge in [-0.25, -0.2) is 0 Å². The van der Waals surface area contributed by atoms with Crippen molar-refractivity contribution in [3.63, 3.8) is 0 Å². The van der Waals surface area contributed by atoms with Crippen molar-refractivity contribution in [3.05, 3.63) is 40.8 Å². The third-order valence-corrected chi connectivity index (χ3v) is 8.13. The summed E-state index contributed by atoms with van der Waals surface area (Å²) >= 11 is 1.88. The van der Waals surface area contributed by atoms with Crippen molar-refractivity contribution >= 4 is 28.6 Å². The van der Waals surface area contributed by atoms with Crippen LogP contribution in [0.3, 0.4) is 0 Å². The number of anilines is 1. The Morgan fingerprint density at radius 2 is 1.90 bits per heavy atom. The number of fused-ring (bicyclic) bond motifs is 3. The highest BCUT2D eigenvalue weighted by molar-refractivity contribution is 7.15. The number of carbonyl (C=O) groups excluding carboxylic acids is 1. The van der Waals surface area contributed by atoms with E-state index in [4.69, 9.17) is 0 Å². The summed E-state index contributed by atoms with van der Waals surface area (Å²) in [5, 5.41) is 4.54. The zero-order valence-electron chi connectivity index (χ0n) is 18.2. The lowest BCUT2D eigenvalue weighted by Crippen LogP contribution is -2.47. The number of hydrazone groups is 1. The number of hydrogen-bond acceptors (Lipinski definition) is 5. The van der Waals surface area contributed by atoms with Gasteiger partial charge in [-0.2, -0.15) is 5.10 Å². The van der Waals surface area contributed by atoms with Gasteiger partial charge in [0, 0.05) is 40.5 Å². The number of amides is 1. The number of benzene rings is 1. The molecule has 3 aliphatic heterocycles. The summed E-state index contributed by atoms with van der Waals surface area (Å²) in [6.07, 6.45) is 2.60. The fourth-order valence-corrected chi connectivity index (χ4v) is 6.22. The molecule has 1 saturated heterocycles. The quantitative estimate of drug-likeness (QED) is 0.791. The summed E-state index contributed by atoms with van der Waals surface area (Å²) in [6, 6.07) is 12.4. The minimum absolute atomic E-state index is 0.0381. The monoisotopic (exact) mass is 422 g/mol. The van der Waals surface area contributed by atoms with E-state index in [1.54, 1.807) is 0 Å². The van der Waals surface area contributed by atoms with Crippen molar-refractivity contribution in [3.8, 4) is 10.4 Å². The highest BCUT2D eigenvalue weighted by atomic mass is 32.1. The van der Waals surface area contributed by atoms with Gasteiger partial charge in [-0.3, -0.25) is 9.69 Å². The van der Waals surface area contributed by atoms with Gasteiger partial charge in [0.2, 0.25) is 5.91 Å². The number of nitrogens with one attached hydrogen (secondary N) is 1. The molecule has 1 amide bonds. The van der Waals surface area contributed by atoms with Crippen molar-refractivity contribution in [2.75, 3.05) is 11.4 Å². The number of hydrogen-bond donors (Lipinski definition) is 1. The second-order valence-electron chi connectivity index (χ2n) is 8.92. The molecule has 0 radical (unpaired) electrons. The average molecular weight is 423 g/mol. The van der Waals surface area contributed by atoms with E-state index in [0.29, 0.717) is 18.6 Å². The first-order valence-corrected chi connectivity index (χ1v) is 11.9. The molecule has 3 aliphatic rings. The van der Waals surface area contributed by atoms with E-state index in [1.165, 1.54) is 28.2 Å². The Morgan fingerprint density at radius 3 is 2.63 bits per heavy atom. The Bertz CT molecular complexity index is 1000. The van der Waals surface area contributed by atoms with Gasteiger partial charge in [0.25, 0.3) is 0 Å². The maximum atomic E-state index is 13.0. The molecule has 1 aromatic carbocycles. The summed E-state index contributed by atoms with van der Waals surface area (Å²) in [7, 11) is 0. The average Bonchev–Trinajstić information content (AvgIpc) is 3.44. The molecular weight excluding hydrogens is 392 g/mol. The van der Waals surface area contributed by atoms with Crippen molar-refractivity contribution < 1.29 is 4.79 Å². The van der Waals surface area contributed by atoms with Crippen LogP contribution >= 0.6 is 11.3 Å². The van der Waals surface area contributed by atoms with E-state index in [2.05, 4.69) is 59.6 Å². The van der Waals surface area contributed by atoms with Crippen molar-refractivity contribution in [2.24, 2.45) is 11.0 Å². The van der Waals surface area contributed by atoms with Crippen LogP contribution in [0.2, 0.25) is 0 Å². The molecule has 4 heterocycles. The van der Waals surface area contributed by atoms with Crippen LogP contribution in [-0.2, 0) is 11.3 Å². The molecular formula is C24H30N4OS. The SMILES string of the molecule is CCN1C(=O)C2C(=NNC2C)c2cc(-c3ccc(CN4C(C)CC[C@@H]4C)s3)ccc21. The molecule has 5 nitrogen and oxygen atoms in total. The summed E-state index contributed by atoms with van der Waals surface area (Å²) in [5.41, 5.74) is 7.30. The van der Waals surface area contributed by atoms with Crippen molar-refractivity contribution in [2.45, 2.75) is 65.2 Å². The summed E-state index contributed by atoms with van der Waals surface area (Å²) < 4.78 is 0. The highest BCUT2D eigenvalue weighted by Gasteiger charge is 2.43. The third-order valence-electron chi connectivity index (χ3n) is 7.01. The van der Waals surface area contributed by atoms with Crippen molar-refractivity contribution in [1.82, 2.24) is 10.3 Å². The number of rotatable bonds is 4. The molecule has 1 N–H and O–H groups in total. The van der Waals surface area contributed by atoms with E-state index in [9.17, 15) is 4.79 Å². The normalized spacial score (nSPS) is 28.3. The van der Waals surface area contributed by atoms with E-state index >= 15 is 0 Å². The van der Waals surface area contributed by atoms with Crippen LogP contribution in [-0.4, -0.2) is 41.2 Å². The molecule has 4 atom stereocenters. The smallest absolute Gasteiger partial charge is 0.238 e. The maximum Gasteiger partial charge on any atom is 0.238 e. The zero-order valence-corrected chi connectivity index (χ0v) is 19.0. The van der Waals surface area contributed by atoms with Crippen LogP contribution in [0, 0.1) is 5.92 Å². The Kier molecular flexibility index (Phi) is 4.94. The molecule has 1 fully saturated rings. The van der Waals surface area contributed by atoms with Crippen LogP contribution in [0.1, 0.15) is 51.0 Å². The fraction of sp³-hybridized carbons (Fsp3) is 0.500. The predicted molar refractivity (Wildman–Crippen MR) is 124 cm³/mol. The van der Waals surface area contributed by atoms with Crippen LogP contribution < -0.4 is 10.3 Å². The van der Waals surface area contributed by atoms with Crippen LogP contribution in [0.4, 0.5) is 5.69 Å². The molecule has 3 unspecified atom stereocenters. The van der Waals surface area contributed by atoms with E-state index < -0.39 is 0 Å². The van der Waals surface area contributed by atoms with Gasteiger partial charge < -0.3 is 10.3 Å². The van der Waals surface area contributed by atoms with Crippen molar-refractivity contribution in [1.29, 1.82) is 0 Å². The Morgan fingerprint density at radius 1 is 1.13 bits per heavy atom. The lowest BCUT2D eigenvalue weighted by molar-refractivity contribution is -0.120. The number of likely N-dealkylation sites (tertiary alicyclic amines) is 1. The minimum Gasteiger partial charge on any atom is -0.311 e. The second kappa shape index (κ2) is 7.50. The number of nitrogens with zero attached hydrogens (tertiary/aromatic N) is 3. The first kappa shape index (κ1) is 19.8. The van der Waals surface area contributed by atoms with Gasteiger partial charge in [0.05, 0.1) is 17.4 Å². The Hall–Kier alpha value is -2.18. The van der Waals surface area contributed by atoms with E-state index in [-0.39, 0.29) is 17.9 Å². The summed E-state index contributed by atoms with van der Waals surface area (Å²) in [5.74, 6) is -0.0361. The van der Waals surface area contributed by atoms with Gasteiger partial charge >= 0.3 is 0 Å². The standard InChI is InChI=1S/C24H30N4OS/c1-5-27-20-10-8-17(12-19(20)23-22(24(27)29)16(4)25-26-23)21-11-9-18(30-21)13-28-14(2)6-7-15(28)3/h8-12,14-16,22,25H,5-7,13H2,1-4H3/t14-,15?,16?,22?/m0/s1. The summed E-state index contributed by atoms with van der Waals surface area (Å²) in [4.78, 5) is 20.2. The van der Waals surface area contributed by atoms with E-state index in [1.807, 2.05) is 30.1 Å². The number of thiophene rings is 1. The van der Waals surface area contributed by atoms with E-state index in [0.717, 1.165) is 23.5 Å². The highest BCUT2D eigenvalue weighted by Crippen LogP contribution is 2.39. The molecule has 158 valence electrons. The number of carbonyl (C=O) groups is 1. The van der Waals surface area contributed by atoms with Gasteiger partial charge in [-0.05, 0) is 70.4 Å². The first-order valence-electron chi connectivity index (χ1n) is 11.1. The minimum atomic E-state index is -0.190. The molecule has 0 saturated carbocycles. The molecule has 6 heteroatoms. The van der Waals surface area contributed by atoms with Gasteiger partial charge in [0.1, 0.15) is 5.92 Å². The van der Waals surface area contributed by atoms with Gasteiger partial charge in [-0.1, -0.05) is 6.07 Å². The lowest BCUT2D eigenvalue weighted by atomic mass is 9.85. The molecule has 5 rings (SSSR count). The topological polar surface area (TPSA) is 47.9 Å². The molecule has 0 spiro atoms. The molecule has 0 aliphatic carbocycles. The molecule has 1 aromatic heterocycles. The Labute approximate surface area is 182 Å². The predicted octanol–water partition coefficient (Wildman–Crippen LogP) is 4.47. The maximum absolute atomic E-state index is 13.0. The Balaban J connectivity index is 1.47.